The third-order valence-electron chi connectivity index (χ3n) is 4.78. The molecule has 1 aromatic carbocycles. The maximum Gasteiger partial charge on any atom is 0.252 e. The van der Waals surface area contributed by atoms with E-state index in [1.165, 1.54) is 0 Å². The molecule has 0 aliphatic carbocycles. The zero-order chi connectivity index (χ0) is 21.0. The number of nitrogens with zero attached hydrogens (tertiary/aromatic N) is 3. The van der Waals surface area contributed by atoms with Gasteiger partial charge in [0, 0.05) is 30.7 Å². The number of aromatic nitrogens is 3. The van der Waals surface area contributed by atoms with E-state index in [1.54, 1.807) is 10.9 Å². The number of hydrogen-bond acceptors (Lipinski definition) is 6. The highest BCUT2D eigenvalue weighted by Crippen LogP contribution is 2.26. The zero-order valence-corrected chi connectivity index (χ0v) is 16.6. The van der Waals surface area contributed by atoms with Gasteiger partial charge in [0.15, 0.2) is 11.6 Å². The van der Waals surface area contributed by atoms with Crippen molar-refractivity contribution in [1.29, 1.82) is 0 Å². The van der Waals surface area contributed by atoms with Gasteiger partial charge in [0.1, 0.15) is 5.82 Å². The van der Waals surface area contributed by atoms with Gasteiger partial charge in [-0.05, 0) is 30.7 Å². The Hall–Kier alpha value is -3.20. The Morgan fingerprint density at radius 1 is 1.31 bits per heavy atom. The predicted octanol–water partition coefficient (Wildman–Crippen LogP) is 2.88. The second-order valence-corrected chi connectivity index (χ2v) is 6.97. The maximum absolute atomic E-state index is 14.6. The number of amides is 1. The molecule has 0 aliphatic rings. The summed E-state index contributed by atoms with van der Waals surface area (Å²) in [6.45, 7) is 2.42. The average molecular weight is 399 g/mol. The molecule has 0 saturated heterocycles. The number of halogens is 1. The molecule has 9 heteroatoms. The Morgan fingerprint density at radius 3 is 2.79 bits per heavy atom. The first-order valence-electron chi connectivity index (χ1n) is 9.58. The number of nitrogens with one attached hydrogen (secondary N) is 2. The van der Waals surface area contributed by atoms with Crippen molar-refractivity contribution in [2.45, 2.75) is 32.2 Å². The van der Waals surface area contributed by atoms with Gasteiger partial charge in [-0.3, -0.25) is 9.48 Å². The van der Waals surface area contributed by atoms with Crippen LogP contribution in [0, 0.1) is 5.82 Å². The van der Waals surface area contributed by atoms with E-state index in [0.717, 1.165) is 36.2 Å². The Morgan fingerprint density at radius 2 is 2.10 bits per heavy atom. The molecule has 0 radical (unpaired) electrons. The van der Waals surface area contributed by atoms with Crippen LogP contribution < -0.4 is 22.1 Å². The fraction of sp³-hybridized carbons (Fsp3) is 0.350. The standard InChI is InChI=1S/C20H26FN7O/c1-3-4-5-14(10-22)26-20-16(21)9-15(18(23)29)19(27-20)25-13-7-6-12-11-24-28(2)17(12)8-13/h6-9,11,14H,3-5,10,22H2,1-2H3,(H2,23,29)(H2,25,26,27)/t14-/m1/s1. The van der Waals surface area contributed by atoms with Gasteiger partial charge in [-0.25, -0.2) is 9.37 Å². The number of carbonyl (C=O) groups is 1. The largest absolute Gasteiger partial charge is 0.365 e. The fourth-order valence-electron chi connectivity index (χ4n) is 3.12. The van der Waals surface area contributed by atoms with Gasteiger partial charge >= 0.3 is 0 Å². The molecule has 3 aromatic rings. The van der Waals surface area contributed by atoms with E-state index in [-0.39, 0.29) is 23.2 Å². The van der Waals surface area contributed by atoms with Crippen LogP contribution in [0.4, 0.5) is 21.7 Å². The van der Waals surface area contributed by atoms with Crippen LogP contribution in [-0.4, -0.2) is 33.3 Å². The Bertz CT molecular complexity index is 1020. The normalized spacial score (nSPS) is 12.1. The Kier molecular flexibility index (Phi) is 6.28. The minimum absolute atomic E-state index is 0.0315. The summed E-state index contributed by atoms with van der Waals surface area (Å²) in [5, 5.41) is 11.3. The number of primary amides is 1. The lowest BCUT2D eigenvalue weighted by Crippen LogP contribution is -2.30. The summed E-state index contributed by atoms with van der Waals surface area (Å²) in [7, 11) is 1.84. The minimum Gasteiger partial charge on any atom is -0.365 e. The number of anilines is 3. The molecule has 0 spiro atoms. The smallest absolute Gasteiger partial charge is 0.252 e. The highest BCUT2D eigenvalue weighted by molar-refractivity contribution is 5.99. The topological polar surface area (TPSA) is 124 Å². The molecular formula is C20H26FN7O. The molecule has 0 fully saturated rings. The molecule has 0 bridgehead atoms. The second-order valence-electron chi connectivity index (χ2n) is 6.97. The molecule has 29 heavy (non-hydrogen) atoms. The molecule has 0 aliphatic heterocycles. The molecule has 0 unspecified atom stereocenters. The van der Waals surface area contributed by atoms with Crippen molar-refractivity contribution in [3.8, 4) is 0 Å². The number of unbranched alkanes of at least 4 members (excludes halogenated alkanes) is 1. The monoisotopic (exact) mass is 399 g/mol. The molecular weight excluding hydrogens is 373 g/mol. The van der Waals surface area contributed by atoms with Gasteiger partial charge in [-0.1, -0.05) is 19.8 Å². The van der Waals surface area contributed by atoms with Crippen molar-refractivity contribution in [2.24, 2.45) is 18.5 Å². The number of nitrogens with two attached hydrogens (primary N) is 2. The summed E-state index contributed by atoms with van der Waals surface area (Å²) in [4.78, 5) is 16.1. The van der Waals surface area contributed by atoms with Crippen molar-refractivity contribution in [3.63, 3.8) is 0 Å². The Balaban J connectivity index is 1.94. The number of benzene rings is 1. The first kappa shape index (κ1) is 20.5. The lowest BCUT2D eigenvalue weighted by atomic mass is 10.1. The van der Waals surface area contributed by atoms with Gasteiger partial charge in [0.25, 0.3) is 5.91 Å². The molecule has 1 amide bonds. The molecule has 154 valence electrons. The lowest BCUT2D eigenvalue weighted by Gasteiger charge is -2.19. The maximum atomic E-state index is 14.6. The summed E-state index contributed by atoms with van der Waals surface area (Å²) >= 11 is 0. The number of rotatable bonds is 9. The van der Waals surface area contributed by atoms with Crippen LogP contribution in [0.3, 0.4) is 0 Å². The van der Waals surface area contributed by atoms with E-state index < -0.39 is 11.7 Å². The quantitative estimate of drug-likeness (QED) is 0.439. The average Bonchev–Trinajstić information content (AvgIpc) is 3.07. The number of fused-ring (bicyclic) bond motifs is 1. The van der Waals surface area contributed by atoms with Crippen LogP contribution >= 0.6 is 0 Å². The summed E-state index contributed by atoms with van der Waals surface area (Å²) in [5.74, 6) is -1.21. The van der Waals surface area contributed by atoms with Crippen molar-refractivity contribution < 1.29 is 9.18 Å². The molecule has 1 atom stereocenters. The third-order valence-corrected chi connectivity index (χ3v) is 4.78. The fourth-order valence-corrected chi connectivity index (χ4v) is 3.12. The van der Waals surface area contributed by atoms with Gasteiger partial charge in [-0.2, -0.15) is 5.10 Å². The number of pyridine rings is 1. The van der Waals surface area contributed by atoms with Crippen LogP contribution in [0.15, 0.2) is 30.5 Å². The third kappa shape index (κ3) is 4.62. The second kappa shape index (κ2) is 8.87. The van der Waals surface area contributed by atoms with Crippen molar-refractivity contribution in [1.82, 2.24) is 14.8 Å². The molecule has 0 saturated carbocycles. The summed E-state index contributed by atoms with van der Waals surface area (Å²) in [6, 6.07) is 6.57. The minimum atomic E-state index is -0.770. The van der Waals surface area contributed by atoms with E-state index >= 15 is 0 Å². The van der Waals surface area contributed by atoms with Crippen LogP contribution in [0.2, 0.25) is 0 Å². The zero-order valence-electron chi connectivity index (χ0n) is 16.6. The SMILES string of the molecule is CCCC[C@H](CN)Nc1nc(Nc2ccc3cnn(C)c3c2)c(C(N)=O)cc1F. The van der Waals surface area contributed by atoms with Gasteiger partial charge in [-0.15, -0.1) is 0 Å². The summed E-state index contributed by atoms with van der Waals surface area (Å²) in [5.41, 5.74) is 12.8. The highest BCUT2D eigenvalue weighted by Gasteiger charge is 2.18. The van der Waals surface area contributed by atoms with Crippen LogP contribution in [-0.2, 0) is 7.05 Å². The molecule has 8 nitrogen and oxygen atoms in total. The van der Waals surface area contributed by atoms with Gasteiger partial charge in [0.05, 0.1) is 17.3 Å². The van der Waals surface area contributed by atoms with E-state index in [2.05, 4.69) is 27.6 Å². The molecule has 2 heterocycles. The van der Waals surface area contributed by atoms with Gasteiger partial charge < -0.3 is 22.1 Å². The molecule has 2 aromatic heterocycles. The number of aryl methyl sites for hydroxylation is 1. The van der Waals surface area contributed by atoms with Gasteiger partial charge in [0.2, 0.25) is 0 Å². The number of carbonyl (C=O) groups excluding carboxylic acids is 1. The van der Waals surface area contributed by atoms with E-state index in [4.69, 9.17) is 11.5 Å². The molecule has 3 rings (SSSR count). The van der Waals surface area contributed by atoms with Crippen LogP contribution in [0.1, 0.15) is 36.5 Å². The van der Waals surface area contributed by atoms with Crippen LogP contribution in [0.5, 0.6) is 0 Å². The van der Waals surface area contributed by atoms with Crippen LogP contribution in [0.25, 0.3) is 10.9 Å². The van der Waals surface area contributed by atoms with E-state index in [0.29, 0.717) is 12.2 Å². The van der Waals surface area contributed by atoms with E-state index in [9.17, 15) is 9.18 Å². The highest BCUT2D eigenvalue weighted by atomic mass is 19.1. The van der Waals surface area contributed by atoms with E-state index in [1.807, 2.05) is 25.2 Å². The first-order valence-corrected chi connectivity index (χ1v) is 9.58. The van der Waals surface area contributed by atoms with Crippen molar-refractivity contribution in [3.05, 3.63) is 41.8 Å². The molecule has 6 N–H and O–H groups in total. The number of hydrogen-bond donors (Lipinski definition) is 4. The Labute approximate surface area is 168 Å². The first-order chi connectivity index (χ1) is 13.9. The summed E-state index contributed by atoms with van der Waals surface area (Å²) in [6.07, 6.45) is 4.53. The predicted molar refractivity (Wildman–Crippen MR) is 113 cm³/mol. The van der Waals surface area contributed by atoms with Crippen molar-refractivity contribution >= 4 is 34.1 Å². The lowest BCUT2D eigenvalue weighted by molar-refractivity contribution is 0.100. The van der Waals surface area contributed by atoms with Crippen molar-refractivity contribution in [2.75, 3.05) is 17.2 Å². The summed E-state index contributed by atoms with van der Waals surface area (Å²) < 4.78 is 16.3.